The van der Waals surface area contributed by atoms with Crippen LogP contribution in [0.5, 0.6) is 0 Å². The zero-order valence-corrected chi connectivity index (χ0v) is 24.3. The lowest BCUT2D eigenvalue weighted by molar-refractivity contribution is 0.102. The Kier molecular flexibility index (Phi) is 9.67. The van der Waals surface area contributed by atoms with Gasteiger partial charge in [-0.05, 0) is 48.2 Å². The van der Waals surface area contributed by atoms with Crippen molar-refractivity contribution < 1.29 is 13.2 Å². The van der Waals surface area contributed by atoms with E-state index in [0.717, 1.165) is 52.9 Å². The lowest BCUT2D eigenvalue weighted by Crippen LogP contribution is -2.31. The number of benzene rings is 3. The van der Waals surface area contributed by atoms with E-state index in [0.29, 0.717) is 23.8 Å². The first kappa shape index (κ1) is 28.7. The summed E-state index contributed by atoms with van der Waals surface area (Å²) >= 11 is 1.48. The number of nitrogens with zero attached hydrogens (tertiary/aromatic N) is 2. The molecule has 6 nitrogen and oxygen atoms in total. The predicted octanol–water partition coefficient (Wildman–Crippen LogP) is 7.49. The fourth-order valence-corrected chi connectivity index (χ4v) is 6.93. The number of aromatic nitrogens is 1. The highest BCUT2D eigenvalue weighted by molar-refractivity contribution is 7.89. The lowest BCUT2D eigenvalue weighted by Gasteiger charge is -2.20. The summed E-state index contributed by atoms with van der Waals surface area (Å²) < 4.78 is 27.5. The van der Waals surface area contributed by atoms with Crippen LogP contribution in [0.3, 0.4) is 0 Å². The number of rotatable bonds is 12. The number of thiazole rings is 1. The van der Waals surface area contributed by atoms with Crippen LogP contribution in [-0.2, 0) is 16.4 Å². The molecule has 1 heterocycles. The maximum atomic E-state index is 13.0. The van der Waals surface area contributed by atoms with Crippen LogP contribution in [0.15, 0.2) is 83.8 Å². The van der Waals surface area contributed by atoms with E-state index in [2.05, 4.69) is 48.6 Å². The highest BCUT2D eigenvalue weighted by Crippen LogP contribution is 2.33. The minimum atomic E-state index is -3.59. The smallest absolute Gasteiger partial charge is 0.257 e. The Hall–Kier alpha value is -3.33. The van der Waals surface area contributed by atoms with E-state index in [1.165, 1.54) is 27.8 Å². The van der Waals surface area contributed by atoms with Crippen molar-refractivity contribution in [2.45, 2.75) is 51.3 Å². The fourth-order valence-electron chi connectivity index (χ4n) is 4.36. The molecule has 39 heavy (non-hydrogen) atoms. The van der Waals surface area contributed by atoms with Crippen LogP contribution in [-0.4, -0.2) is 36.7 Å². The molecule has 0 fully saturated rings. The molecule has 0 saturated carbocycles. The Labute approximate surface area is 235 Å². The van der Waals surface area contributed by atoms with Crippen molar-refractivity contribution in [1.29, 1.82) is 0 Å². The molecule has 8 heteroatoms. The molecule has 0 aliphatic heterocycles. The minimum absolute atomic E-state index is 0.192. The standard InChI is InChI=1S/C31H35N3O3S2/c1-4-7-22-34(6-3)39(36,37)27-20-18-26(19-21-27)30(35)33-31-32-29(28(38-31)11-5-2)25-16-14-24(15-17-25)23-12-9-8-10-13-23/h8-10,12-21H,4-7,11,22H2,1-3H3,(H,32,33,35). The van der Waals surface area contributed by atoms with Crippen LogP contribution >= 0.6 is 11.3 Å². The van der Waals surface area contributed by atoms with Gasteiger partial charge in [0.2, 0.25) is 10.0 Å². The van der Waals surface area contributed by atoms with E-state index in [1.54, 1.807) is 12.1 Å². The van der Waals surface area contributed by atoms with E-state index >= 15 is 0 Å². The molecule has 0 aliphatic rings. The second-order valence-corrected chi connectivity index (χ2v) is 12.3. The molecular weight excluding hydrogens is 526 g/mol. The number of carbonyl (C=O) groups excluding carboxylic acids is 1. The number of unbranched alkanes of at least 4 members (excludes halogenated alkanes) is 1. The van der Waals surface area contributed by atoms with Gasteiger partial charge >= 0.3 is 0 Å². The third kappa shape index (κ3) is 6.82. The van der Waals surface area contributed by atoms with Gasteiger partial charge in [-0.25, -0.2) is 13.4 Å². The van der Waals surface area contributed by atoms with Crippen molar-refractivity contribution >= 4 is 32.4 Å². The van der Waals surface area contributed by atoms with Crippen molar-refractivity contribution in [3.63, 3.8) is 0 Å². The molecule has 4 aromatic rings. The van der Waals surface area contributed by atoms with Crippen molar-refractivity contribution in [1.82, 2.24) is 9.29 Å². The van der Waals surface area contributed by atoms with Crippen LogP contribution in [0.1, 0.15) is 55.3 Å². The number of hydrogen-bond acceptors (Lipinski definition) is 5. The molecule has 0 aliphatic carbocycles. The Morgan fingerprint density at radius 2 is 1.49 bits per heavy atom. The van der Waals surface area contributed by atoms with Crippen molar-refractivity contribution in [2.24, 2.45) is 0 Å². The number of amides is 1. The first-order valence-corrected chi connectivity index (χ1v) is 15.7. The van der Waals surface area contributed by atoms with Gasteiger partial charge in [-0.1, -0.05) is 88.2 Å². The summed E-state index contributed by atoms with van der Waals surface area (Å²) in [5, 5.41) is 3.44. The molecule has 0 unspecified atom stereocenters. The largest absolute Gasteiger partial charge is 0.298 e. The molecule has 0 bridgehead atoms. The van der Waals surface area contributed by atoms with Gasteiger partial charge in [-0.2, -0.15) is 4.31 Å². The molecule has 4 rings (SSSR count). The summed E-state index contributed by atoms with van der Waals surface area (Å²) in [5.41, 5.74) is 4.56. The summed E-state index contributed by atoms with van der Waals surface area (Å²) in [4.78, 5) is 19.1. The van der Waals surface area contributed by atoms with Gasteiger partial charge in [0, 0.05) is 29.1 Å². The average molecular weight is 562 g/mol. The Bertz CT molecular complexity index is 1480. The maximum absolute atomic E-state index is 13.0. The molecular formula is C31H35N3O3S2. The number of carbonyl (C=O) groups is 1. The number of aryl methyl sites for hydroxylation is 1. The van der Waals surface area contributed by atoms with Gasteiger partial charge < -0.3 is 0 Å². The predicted molar refractivity (Wildman–Crippen MR) is 161 cm³/mol. The lowest BCUT2D eigenvalue weighted by atomic mass is 10.0. The van der Waals surface area contributed by atoms with Crippen LogP contribution in [0.4, 0.5) is 5.13 Å². The number of nitrogens with one attached hydrogen (secondary N) is 1. The monoisotopic (exact) mass is 561 g/mol. The van der Waals surface area contributed by atoms with E-state index in [1.807, 2.05) is 32.0 Å². The van der Waals surface area contributed by atoms with E-state index in [-0.39, 0.29) is 10.8 Å². The van der Waals surface area contributed by atoms with E-state index < -0.39 is 10.0 Å². The Morgan fingerprint density at radius 1 is 0.846 bits per heavy atom. The van der Waals surface area contributed by atoms with Gasteiger partial charge in [0.05, 0.1) is 10.6 Å². The van der Waals surface area contributed by atoms with Crippen LogP contribution in [0.25, 0.3) is 22.4 Å². The second kappa shape index (κ2) is 13.2. The summed E-state index contributed by atoms with van der Waals surface area (Å²) in [5.74, 6) is -0.319. The molecule has 3 aromatic carbocycles. The molecule has 0 radical (unpaired) electrons. The van der Waals surface area contributed by atoms with Gasteiger partial charge in [0.1, 0.15) is 0 Å². The van der Waals surface area contributed by atoms with E-state index in [9.17, 15) is 13.2 Å². The van der Waals surface area contributed by atoms with Crippen molar-refractivity contribution in [3.8, 4) is 22.4 Å². The van der Waals surface area contributed by atoms with Gasteiger partial charge in [-0.3, -0.25) is 10.1 Å². The molecule has 0 saturated heterocycles. The summed E-state index contributed by atoms with van der Waals surface area (Å²) in [6.45, 7) is 6.89. The van der Waals surface area contributed by atoms with Gasteiger partial charge in [-0.15, -0.1) is 11.3 Å². The Morgan fingerprint density at radius 3 is 2.10 bits per heavy atom. The van der Waals surface area contributed by atoms with Crippen LogP contribution in [0.2, 0.25) is 0 Å². The SMILES string of the molecule is CCCCN(CC)S(=O)(=O)c1ccc(C(=O)Nc2nc(-c3ccc(-c4ccccc4)cc3)c(CCC)s2)cc1. The van der Waals surface area contributed by atoms with Gasteiger partial charge in [0.25, 0.3) is 5.91 Å². The van der Waals surface area contributed by atoms with Crippen LogP contribution < -0.4 is 5.32 Å². The summed E-state index contributed by atoms with van der Waals surface area (Å²) in [7, 11) is -3.59. The zero-order valence-electron chi connectivity index (χ0n) is 22.7. The first-order valence-electron chi connectivity index (χ1n) is 13.4. The zero-order chi connectivity index (χ0) is 27.8. The molecule has 1 aromatic heterocycles. The summed E-state index contributed by atoms with van der Waals surface area (Å²) in [6.07, 6.45) is 3.55. The molecule has 1 amide bonds. The number of hydrogen-bond donors (Lipinski definition) is 1. The third-order valence-electron chi connectivity index (χ3n) is 6.53. The highest BCUT2D eigenvalue weighted by Gasteiger charge is 2.23. The quantitative estimate of drug-likeness (QED) is 0.194. The minimum Gasteiger partial charge on any atom is -0.298 e. The molecule has 1 N–H and O–H groups in total. The van der Waals surface area contributed by atoms with Gasteiger partial charge in [0.15, 0.2) is 5.13 Å². The number of sulfonamides is 1. The molecule has 0 atom stereocenters. The fraction of sp³-hybridized carbons (Fsp3) is 0.290. The van der Waals surface area contributed by atoms with Crippen molar-refractivity contribution in [2.75, 3.05) is 18.4 Å². The van der Waals surface area contributed by atoms with E-state index in [4.69, 9.17) is 4.98 Å². The normalized spacial score (nSPS) is 11.6. The first-order chi connectivity index (χ1) is 18.9. The van der Waals surface area contributed by atoms with Crippen LogP contribution in [0, 0.1) is 0 Å². The number of anilines is 1. The second-order valence-electron chi connectivity index (χ2n) is 9.31. The van der Waals surface area contributed by atoms with Crippen molar-refractivity contribution in [3.05, 3.63) is 89.3 Å². The third-order valence-corrected chi connectivity index (χ3v) is 9.55. The molecule has 0 spiro atoms. The highest BCUT2D eigenvalue weighted by atomic mass is 32.2. The Balaban J connectivity index is 1.51. The maximum Gasteiger partial charge on any atom is 0.257 e. The summed E-state index contributed by atoms with van der Waals surface area (Å²) in [6, 6.07) is 24.7. The molecule has 204 valence electrons. The average Bonchev–Trinajstić information content (AvgIpc) is 3.36. The topological polar surface area (TPSA) is 79.4 Å².